The number of alkyl halides is 1. The number of halogens is 1. The van der Waals surface area contributed by atoms with E-state index in [1.807, 2.05) is 13.1 Å². The number of pyridine rings is 1. The van der Waals surface area contributed by atoms with E-state index >= 15 is 0 Å². The third-order valence-electron chi connectivity index (χ3n) is 4.16. The highest BCUT2D eigenvalue weighted by Crippen LogP contribution is 2.27. The highest BCUT2D eigenvalue weighted by atomic mass is 35.5. The fraction of sp³-hybridized carbons (Fsp3) is 0.294. The second-order valence-electron chi connectivity index (χ2n) is 5.66. The van der Waals surface area contributed by atoms with Crippen LogP contribution in [0.5, 0.6) is 0 Å². The molecule has 0 unspecified atom stereocenters. The summed E-state index contributed by atoms with van der Waals surface area (Å²) in [6.45, 7) is 2.03. The average Bonchev–Trinajstić information content (AvgIpc) is 3.09. The molecule has 1 aliphatic carbocycles. The minimum Gasteiger partial charge on any atom is -0.280 e. The fourth-order valence-corrected chi connectivity index (χ4v) is 3.35. The Kier molecular flexibility index (Phi) is 2.96. The average molecular weight is 298 g/mol. The SMILES string of the molecule is Cc1cnc2c(c1)nc(CCl)n2-c1ccc2c(c1)CCC2. The van der Waals surface area contributed by atoms with Crippen LogP contribution in [-0.2, 0) is 18.7 Å². The van der Waals surface area contributed by atoms with Gasteiger partial charge >= 0.3 is 0 Å². The number of hydrogen-bond acceptors (Lipinski definition) is 2. The van der Waals surface area contributed by atoms with Crippen molar-refractivity contribution in [2.24, 2.45) is 0 Å². The molecule has 4 rings (SSSR count). The van der Waals surface area contributed by atoms with Crippen LogP contribution in [0.25, 0.3) is 16.9 Å². The summed E-state index contributed by atoms with van der Waals surface area (Å²) >= 11 is 6.10. The lowest BCUT2D eigenvalue weighted by Crippen LogP contribution is -2.01. The molecule has 2 heterocycles. The summed E-state index contributed by atoms with van der Waals surface area (Å²) in [6.07, 6.45) is 5.49. The van der Waals surface area contributed by atoms with E-state index in [1.54, 1.807) is 0 Å². The monoisotopic (exact) mass is 297 g/mol. The van der Waals surface area contributed by atoms with Crippen molar-refractivity contribution in [3.8, 4) is 5.69 Å². The Hall–Kier alpha value is -1.87. The number of nitrogens with zero attached hydrogens (tertiary/aromatic N) is 3. The van der Waals surface area contributed by atoms with Gasteiger partial charge in [0, 0.05) is 11.9 Å². The van der Waals surface area contributed by atoms with Gasteiger partial charge in [-0.1, -0.05) is 6.07 Å². The van der Waals surface area contributed by atoms with E-state index in [1.165, 1.54) is 30.4 Å². The molecule has 21 heavy (non-hydrogen) atoms. The van der Waals surface area contributed by atoms with Crippen LogP contribution in [0.15, 0.2) is 30.5 Å². The summed E-state index contributed by atoms with van der Waals surface area (Å²) in [5.74, 6) is 1.23. The van der Waals surface area contributed by atoms with Crippen LogP contribution in [0.2, 0.25) is 0 Å². The summed E-state index contributed by atoms with van der Waals surface area (Å²) in [4.78, 5) is 9.19. The predicted octanol–water partition coefficient (Wildman–Crippen LogP) is 3.96. The molecule has 1 aliphatic rings. The zero-order valence-electron chi connectivity index (χ0n) is 11.9. The number of hydrogen-bond donors (Lipinski definition) is 0. The molecule has 0 fully saturated rings. The van der Waals surface area contributed by atoms with Crippen LogP contribution >= 0.6 is 11.6 Å². The van der Waals surface area contributed by atoms with E-state index < -0.39 is 0 Å². The fourth-order valence-electron chi connectivity index (χ4n) is 3.17. The van der Waals surface area contributed by atoms with Gasteiger partial charge in [0.2, 0.25) is 0 Å². The lowest BCUT2D eigenvalue weighted by atomic mass is 10.1. The zero-order chi connectivity index (χ0) is 14.4. The molecule has 0 N–H and O–H groups in total. The zero-order valence-corrected chi connectivity index (χ0v) is 12.7. The Labute approximate surface area is 128 Å². The smallest absolute Gasteiger partial charge is 0.164 e. The van der Waals surface area contributed by atoms with Crippen LogP contribution in [-0.4, -0.2) is 14.5 Å². The lowest BCUT2D eigenvalue weighted by molar-refractivity contribution is 0.911. The van der Waals surface area contributed by atoms with Crippen molar-refractivity contribution in [3.05, 3.63) is 53.0 Å². The van der Waals surface area contributed by atoms with Gasteiger partial charge in [0.15, 0.2) is 5.65 Å². The molecule has 1 aromatic carbocycles. The van der Waals surface area contributed by atoms with Crippen molar-refractivity contribution >= 4 is 22.8 Å². The van der Waals surface area contributed by atoms with Gasteiger partial charge in [-0.3, -0.25) is 4.57 Å². The second kappa shape index (κ2) is 4.85. The van der Waals surface area contributed by atoms with Crippen molar-refractivity contribution < 1.29 is 0 Å². The first-order chi connectivity index (χ1) is 10.3. The van der Waals surface area contributed by atoms with Gasteiger partial charge in [-0.25, -0.2) is 9.97 Å². The number of aromatic nitrogens is 3. The predicted molar refractivity (Wildman–Crippen MR) is 85.2 cm³/mol. The lowest BCUT2D eigenvalue weighted by Gasteiger charge is -2.09. The molecule has 0 spiro atoms. The van der Waals surface area contributed by atoms with E-state index in [4.69, 9.17) is 11.6 Å². The van der Waals surface area contributed by atoms with E-state index in [0.29, 0.717) is 5.88 Å². The van der Waals surface area contributed by atoms with Gasteiger partial charge in [0.25, 0.3) is 0 Å². The number of rotatable bonds is 2. The maximum Gasteiger partial charge on any atom is 0.164 e. The number of benzene rings is 1. The third-order valence-corrected chi connectivity index (χ3v) is 4.40. The highest BCUT2D eigenvalue weighted by Gasteiger charge is 2.16. The van der Waals surface area contributed by atoms with Gasteiger partial charge in [-0.15, -0.1) is 11.6 Å². The summed E-state index contributed by atoms with van der Waals surface area (Å²) in [6, 6.07) is 8.71. The highest BCUT2D eigenvalue weighted by molar-refractivity contribution is 6.16. The molecule has 0 saturated heterocycles. The Morgan fingerprint density at radius 2 is 2.05 bits per heavy atom. The molecular weight excluding hydrogens is 282 g/mol. The maximum atomic E-state index is 6.10. The minimum atomic E-state index is 0.381. The second-order valence-corrected chi connectivity index (χ2v) is 5.93. The van der Waals surface area contributed by atoms with Crippen molar-refractivity contribution in [1.29, 1.82) is 0 Å². The summed E-state index contributed by atoms with van der Waals surface area (Å²) in [5.41, 5.74) is 6.94. The normalized spacial score (nSPS) is 13.8. The molecule has 106 valence electrons. The Morgan fingerprint density at radius 1 is 1.19 bits per heavy atom. The maximum absolute atomic E-state index is 6.10. The van der Waals surface area contributed by atoms with Gasteiger partial charge in [0.1, 0.15) is 11.3 Å². The molecule has 0 saturated carbocycles. The third kappa shape index (κ3) is 2.04. The molecule has 0 bridgehead atoms. The molecule has 0 radical (unpaired) electrons. The summed E-state index contributed by atoms with van der Waals surface area (Å²) in [7, 11) is 0. The van der Waals surface area contributed by atoms with Gasteiger partial charge < -0.3 is 0 Å². The standard InChI is InChI=1S/C17H16ClN3/c1-11-7-15-17(19-10-11)21(16(9-18)20-15)14-6-5-12-3-2-4-13(12)8-14/h5-8,10H,2-4,9H2,1H3. The molecule has 3 nitrogen and oxygen atoms in total. The van der Waals surface area contributed by atoms with Gasteiger partial charge in [-0.05, 0) is 61.1 Å². The Bertz CT molecular complexity index is 835. The molecule has 0 amide bonds. The van der Waals surface area contributed by atoms with E-state index in [-0.39, 0.29) is 0 Å². The molecule has 0 atom stereocenters. The minimum absolute atomic E-state index is 0.381. The van der Waals surface area contributed by atoms with Crippen LogP contribution in [0.4, 0.5) is 0 Å². The molecular formula is C17H16ClN3. The summed E-state index contributed by atoms with van der Waals surface area (Å²) in [5, 5.41) is 0. The van der Waals surface area contributed by atoms with Crippen LogP contribution in [0.1, 0.15) is 28.9 Å². The largest absolute Gasteiger partial charge is 0.280 e. The van der Waals surface area contributed by atoms with Crippen molar-refractivity contribution in [2.75, 3.05) is 0 Å². The first-order valence-electron chi connectivity index (χ1n) is 7.28. The molecule has 3 aromatic rings. The Morgan fingerprint density at radius 3 is 2.90 bits per heavy atom. The van der Waals surface area contributed by atoms with Gasteiger partial charge in [-0.2, -0.15) is 0 Å². The van der Waals surface area contributed by atoms with E-state index in [0.717, 1.165) is 28.2 Å². The first kappa shape index (κ1) is 12.8. The quantitative estimate of drug-likeness (QED) is 0.670. The number of imidazole rings is 1. The van der Waals surface area contributed by atoms with Crippen molar-refractivity contribution in [3.63, 3.8) is 0 Å². The van der Waals surface area contributed by atoms with Crippen molar-refractivity contribution in [2.45, 2.75) is 32.1 Å². The molecule has 0 aliphatic heterocycles. The van der Waals surface area contributed by atoms with E-state index in [9.17, 15) is 0 Å². The molecule has 2 aromatic heterocycles. The first-order valence-corrected chi connectivity index (χ1v) is 7.82. The van der Waals surface area contributed by atoms with Gasteiger partial charge in [0.05, 0.1) is 5.88 Å². The number of fused-ring (bicyclic) bond motifs is 2. The molecule has 4 heteroatoms. The Balaban J connectivity index is 1.96. The van der Waals surface area contributed by atoms with Crippen LogP contribution in [0.3, 0.4) is 0 Å². The topological polar surface area (TPSA) is 30.7 Å². The van der Waals surface area contributed by atoms with Crippen LogP contribution in [0, 0.1) is 6.92 Å². The van der Waals surface area contributed by atoms with Crippen LogP contribution < -0.4 is 0 Å². The summed E-state index contributed by atoms with van der Waals surface area (Å²) < 4.78 is 2.08. The van der Waals surface area contributed by atoms with E-state index in [2.05, 4.69) is 38.8 Å². The van der Waals surface area contributed by atoms with Crippen molar-refractivity contribution in [1.82, 2.24) is 14.5 Å². The number of aryl methyl sites for hydroxylation is 3.